The Morgan fingerprint density at radius 2 is 2.15 bits per heavy atom. The molecule has 1 aromatic rings. The van der Waals surface area contributed by atoms with E-state index in [9.17, 15) is 0 Å². The molecule has 0 amide bonds. The maximum Gasteiger partial charge on any atom is 0.0834 e. The van der Waals surface area contributed by atoms with E-state index >= 15 is 0 Å². The normalized spacial score (nSPS) is 17.9. The smallest absolute Gasteiger partial charge is 0.0834 e. The second kappa shape index (κ2) is 3.14. The molecule has 13 heavy (non-hydrogen) atoms. The van der Waals surface area contributed by atoms with Crippen molar-refractivity contribution in [2.24, 2.45) is 0 Å². The second-order valence-corrected chi connectivity index (χ2v) is 4.92. The zero-order valence-electron chi connectivity index (χ0n) is 6.85. The van der Waals surface area contributed by atoms with Crippen molar-refractivity contribution in [3.05, 3.63) is 32.4 Å². The third-order valence-electron chi connectivity index (χ3n) is 2.41. The Morgan fingerprint density at radius 3 is 2.69 bits per heavy atom. The number of halogens is 2. The van der Waals surface area contributed by atoms with Gasteiger partial charge in [0, 0.05) is 8.59 Å². The highest BCUT2D eigenvalue weighted by atomic mass is 127. The quantitative estimate of drug-likeness (QED) is 0.729. The minimum absolute atomic E-state index is 0.221. The average molecular weight is 304 g/mol. The van der Waals surface area contributed by atoms with E-state index in [0.717, 1.165) is 27.0 Å². The van der Waals surface area contributed by atoms with Crippen molar-refractivity contribution >= 4 is 34.2 Å². The molecule has 1 nitrogen and oxygen atoms in total. The summed E-state index contributed by atoms with van der Waals surface area (Å²) in [6.45, 7) is 0. The van der Waals surface area contributed by atoms with Crippen molar-refractivity contribution < 1.29 is 0 Å². The predicted octanol–water partition coefficient (Wildman–Crippen LogP) is 3.50. The highest BCUT2D eigenvalue weighted by Crippen LogP contribution is 2.49. The lowest BCUT2D eigenvalue weighted by Crippen LogP contribution is -2.04. The molecule has 0 N–H and O–H groups in total. The van der Waals surface area contributed by atoms with Gasteiger partial charge in [-0.1, -0.05) is 11.6 Å². The van der Waals surface area contributed by atoms with E-state index in [0.29, 0.717) is 0 Å². The van der Waals surface area contributed by atoms with Crippen LogP contribution in [-0.4, -0.2) is 0 Å². The molecule has 1 fully saturated rings. The number of hydrogen-bond donors (Lipinski definition) is 0. The standard InChI is InChI=1S/C10H7ClIN/c11-7-1-2-9(12)8(5-7)10(6-13)3-4-10/h1-2,5H,3-4H2. The van der Waals surface area contributed by atoms with Gasteiger partial charge in [0.1, 0.15) is 0 Å². The van der Waals surface area contributed by atoms with Gasteiger partial charge in [-0.25, -0.2) is 0 Å². The summed E-state index contributed by atoms with van der Waals surface area (Å²) in [5.74, 6) is 0. The minimum atomic E-state index is -0.221. The first kappa shape index (κ1) is 9.29. The molecule has 0 aliphatic heterocycles. The van der Waals surface area contributed by atoms with Gasteiger partial charge >= 0.3 is 0 Å². The maximum atomic E-state index is 9.03. The van der Waals surface area contributed by atoms with Crippen molar-refractivity contribution in [2.75, 3.05) is 0 Å². The summed E-state index contributed by atoms with van der Waals surface area (Å²) in [7, 11) is 0. The van der Waals surface area contributed by atoms with E-state index < -0.39 is 0 Å². The first-order valence-corrected chi connectivity index (χ1v) is 5.50. The molecule has 2 rings (SSSR count). The SMILES string of the molecule is N#CC1(c2cc(Cl)ccc2I)CC1. The largest absolute Gasteiger partial charge is 0.197 e. The van der Waals surface area contributed by atoms with Gasteiger partial charge in [-0.15, -0.1) is 0 Å². The molecule has 0 saturated heterocycles. The molecule has 3 heteroatoms. The van der Waals surface area contributed by atoms with Crippen LogP contribution in [0.5, 0.6) is 0 Å². The Kier molecular flexibility index (Phi) is 2.25. The van der Waals surface area contributed by atoms with Crippen LogP contribution in [0.3, 0.4) is 0 Å². The van der Waals surface area contributed by atoms with E-state index in [-0.39, 0.29) is 5.41 Å². The first-order chi connectivity index (χ1) is 6.18. The molecule has 1 aliphatic carbocycles. The lowest BCUT2D eigenvalue weighted by molar-refractivity contribution is 0.901. The van der Waals surface area contributed by atoms with Gasteiger partial charge < -0.3 is 0 Å². The van der Waals surface area contributed by atoms with Gasteiger partial charge in [-0.05, 0) is 59.2 Å². The molecular formula is C10H7ClIN. The van der Waals surface area contributed by atoms with Gasteiger partial charge in [0.25, 0.3) is 0 Å². The van der Waals surface area contributed by atoms with E-state index in [1.54, 1.807) is 0 Å². The molecule has 0 bridgehead atoms. The molecule has 1 saturated carbocycles. The summed E-state index contributed by atoms with van der Waals surface area (Å²) >= 11 is 8.15. The topological polar surface area (TPSA) is 23.8 Å². The Balaban J connectivity index is 2.52. The Bertz CT molecular complexity index is 390. The lowest BCUT2D eigenvalue weighted by atomic mass is 9.98. The van der Waals surface area contributed by atoms with E-state index in [1.807, 2.05) is 18.2 Å². The van der Waals surface area contributed by atoms with Crippen LogP contribution >= 0.6 is 34.2 Å². The summed E-state index contributed by atoms with van der Waals surface area (Å²) < 4.78 is 1.14. The maximum absolute atomic E-state index is 9.03. The molecule has 0 radical (unpaired) electrons. The predicted molar refractivity (Wildman–Crippen MR) is 60.7 cm³/mol. The van der Waals surface area contributed by atoms with Crippen LogP contribution in [0.1, 0.15) is 18.4 Å². The third kappa shape index (κ3) is 1.55. The number of nitrogens with zero attached hydrogens (tertiary/aromatic N) is 1. The van der Waals surface area contributed by atoms with Crippen LogP contribution in [0, 0.1) is 14.9 Å². The average Bonchev–Trinajstić information content (AvgIpc) is 2.90. The number of rotatable bonds is 1. The minimum Gasteiger partial charge on any atom is -0.197 e. The Hall–Kier alpha value is -0.270. The molecular weight excluding hydrogens is 296 g/mol. The summed E-state index contributed by atoms with van der Waals surface area (Å²) in [6, 6.07) is 8.12. The molecule has 66 valence electrons. The van der Waals surface area contributed by atoms with Crippen LogP contribution in [0.15, 0.2) is 18.2 Å². The monoisotopic (exact) mass is 303 g/mol. The summed E-state index contributed by atoms with van der Waals surface area (Å²) in [5.41, 5.74) is 0.879. The van der Waals surface area contributed by atoms with E-state index in [2.05, 4.69) is 28.7 Å². The van der Waals surface area contributed by atoms with Crippen molar-refractivity contribution in [3.8, 4) is 6.07 Å². The molecule has 0 spiro atoms. The van der Waals surface area contributed by atoms with Gasteiger partial charge in [0.2, 0.25) is 0 Å². The van der Waals surface area contributed by atoms with Crippen molar-refractivity contribution in [2.45, 2.75) is 18.3 Å². The molecule has 0 unspecified atom stereocenters. The van der Waals surface area contributed by atoms with Gasteiger partial charge in [0.05, 0.1) is 11.5 Å². The van der Waals surface area contributed by atoms with E-state index in [4.69, 9.17) is 16.9 Å². The number of nitriles is 1. The highest BCUT2D eigenvalue weighted by molar-refractivity contribution is 14.1. The van der Waals surface area contributed by atoms with E-state index in [1.165, 1.54) is 0 Å². The van der Waals surface area contributed by atoms with Crippen LogP contribution in [-0.2, 0) is 5.41 Å². The number of benzene rings is 1. The summed E-state index contributed by atoms with van der Waals surface area (Å²) in [5, 5.41) is 9.75. The molecule has 0 atom stereocenters. The van der Waals surface area contributed by atoms with Crippen LogP contribution in [0.2, 0.25) is 5.02 Å². The van der Waals surface area contributed by atoms with Crippen molar-refractivity contribution in [1.82, 2.24) is 0 Å². The zero-order chi connectivity index (χ0) is 9.47. The number of hydrogen-bond acceptors (Lipinski definition) is 1. The fraction of sp³-hybridized carbons (Fsp3) is 0.300. The Morgan fingerprint density at radius 1 is 1.46 bits per heavy atom. The molecule has 1 aliphatic rings. The van der Waals surface area contributed by atoms with Crippen LogP contribution in [0.4, 0.5) is 0 Å². The summed E-state index contributed by atoms with van der Waals surface area (Å²) in [4.78, 5) is 0. The molecule has 1 aromatic carbocycles. The van der Waals surface area contributed by atoms with Gasteiger partial charge in [-0.3, -0.25) is 0 Å². The van der Waals surface area contributed by atoms with Crippen LogP contribution in [0.25, 0.3) is 0 Å². The second-order valence-electron chi connectivity index (χ2n) is 3.32. The highest BCUT2D eigenvalue weighted by Gasteiger charge is 2.46. The lowest BCUT2D eigenvalue weighted by Gasteiger charge is -2.08. The van der Waals surface area contributed by atoms with Gasteiger partial charge in [-0.2, -0.15) is 5.26 Å². The fourth-order valence-electron chi connectivity index (χ4n) is 1.43. The zero-order valence-corrected chi connectivity index (χ0v) is 9.76. The molecule has 0 heterocycles. The Labute approximate surface area is 95.8 Å². The van der Waals surface area contributed by atoms with Crippen molar-refractivity contribution in [3.63, 3.8) is 0 Å². The van der Waals surface area contributed by atoms with Crippen molar-refractivity contribution in [1.29, 1.82) is 5.26 Å². The van der Waals surface area contributed by atoms with Crippen LogP contribution < -0.4 is 0 Å². The van der Waals surface area contributed by atoms with Gasteiger partial charge in [0.15, 0.2) is 0 Å². The molecule has 0 aromatic heterocycles. The third-order valence-corrected chi connectivity index (χ3v) is 3.58. The fourth-order valence-corrected chi connectivity index (χ4v) is 2.45. The first-order valence-electron chi connectivity index (χ1n) is 4.05. The summed E-state index contributed by atoms with van der Waals surface area (Å²) in [6.07, 6.45) is 1.94.